The van der Waals surface area contributed by atoms with Gasteiger partial charge in [0.2, 0.25) is 0 Å². The Balaban J connectivity index is 0.00000289. The predicted octanol–water partition coefficient (Wildman–Crippen LogP) is 6.14. The average Bonchev–Trinajstić information content (AvgIpc) is 3.18. The van der Waals surface area contributed by atoms with Crippen molar-refractivity contribution in [3.8, 4) is 0 Å². The molecule has 0 fully saturated rings. The maximum absolute atomic E-state index is 10.9. The molecule has 0 amide bonds. The normalized spacial score (nSPS) is 13.1. The van der Waals surface area contributed by atoms with Crippen LogP contribution in [0.5, 0.6) is 0 Å². The van der Waals surface area contributed by atoms with Crippen LogP contribution in [-0.4, -0.2) is 27.4 Å². The van der Waals surface area contributed by atoms with E-state index in [1.54, 1.807) is 0 Å². The molecule has 1 aromatic heterocycles. The number of fused-ring (bicyclic) bond motifs is 1. The topological polar surface area (TPSA) is 47.3 Å². The molecule has 0 saturated heterocycles. The summed E-state index contributed by atoms with van der Waals surface area (Å²) in [6, 6.07) is 28.4. The third-order valence-corrected chi connectivity index (χ3v) is 5.79. The van der Waals surface area contributed by atoms with E-state index in [0.29, 0.717) is 12.5 Å². The highest BCUT2D eigenvalue weighted by molar-refractivity contribution is 5.85. The number of hydrogen-bond donors (Lipinski definition) is 1. The Morgan fingerprint density at radius 3 is 2.03 bits per heavy atom. The molecule has 0 aliphatic carbocycles. The quantitative estimate of drug-likeness (QED) is 0.333. The SMILES string of the molecule is CCC(C)c1nc2ccccc2n1CC(O)COC(c1ccccc1)c1ccccc1.Cl. The van der Waals surface area contributed by atoms with Gasteiger partial charge in [0.15, 0.2) is 0 Å². The molecule has 0 bridgehead atoms. The van der Waals surface area contributed by atoms with E-state index < -0.39 is 6.10 Å². The van der Waals surface area contributed by atoms with E-state index in [9.17, 15) is 5.11 Å². The molecule has 5 heteroatoms. The molecule has 4 rings (SSSR count). The molecule has 4 aromatic rings. The summed E-state index contributed by atoms with van der Waals surface area (Å²) in [6.07, 6.45) is 0.140. The van der Waals surface area contributed by atoms with Crippen LogP contribution in [-0.2, 0) is 11.3 Å². The van der Waals surface area contributed by atoms with Crippen LogP contribution in [0.15, 0.2) is 84.9 Å². The lowest BCUT2D eigenvalue weighted by atomic mass is 10.0. The summed E-state index contributed by atoms with van der Waals surface area (Å²) in [5.74, 6) is 1.34. The van der Waals surface area contributed by atoms with Crippen molar-refractivity contribution < 1.29 is 9.84 Å². The van der Waals surface area contributed by atoms with E-state index in [1.807, 2.05) is 54.6 Å². The third kappa shape index (κ3) is 5.39. The van der Waals surface area contributed by atoms with Crippen molar-refractivity contribution in [3.05, 3.63) is 102 Å². The Morgan fingerprint density at radius 2 is 1.44 bits per heavy atom. The van der Waals surface area contributed by atoms with Gasteiger partial charge in [-0.15, -0.1) is 12.4 Å². The van der Waals surface area contributed by atoms with Crippen molar-refractivity contribution in [2.45, 2.75) is 44.9 Å². The van der Waals surface area contributed by atoms with E-state index in [0.717, 1.165) is 34.4 Å². The van der Waals surface area contributed by atoms with Gasteiger partial charge < -0.3 is 14.4 Å². The van der Waals surface area contributed by atoms with Crippen LogP contribution in [0.2, 0.25) is 0 Å². The second-order valence-electron chi connectivity index (χ2n) is 8.07. The first-order chi connectivity index (χ1) is 15.2. The number of nitrogens with zero attached hydrogens (tertiary/aromatic N) is 2. The summed E-state index contributed by atoms with van der Waals surface area (Å²) in [5.41, 5.74) is 4.18. The number of imidazole rings is 1. The standard InChI is InChI=1S/C27H30N2O2.ClH/c1-3-20(2)27-28-24-16-10-11-17-25(24)29(27)18-23(30)19-31-26(21-12-6-4-7-13-21)22-14-8-5-9-15-22;/h4-17,20,23,26,30H,3,18-19H2,1-2H3;1H. The van der Waals surface area contributed by atoms with E-state index in [1.165, 1.54) is 0 Å². The average molecular weight is 451 g/mol. The molecular formula is C27H31ClN2O2. The molecule has 1 heterocycles. The largest absolute Gasteiger partial charge is 0.389 e. The summed E-state index contributed by atoms with van der Waals surface area (Å²) < 4.78 is 8.43. The van der Waals surface area contributed by atoms with Crippen LogP contribution in [0.1, 0.15) is 49.2 Å². The van der Waals surface area contributed by atoms with Gasteiger partial charge >= 0.3 is 0 Å². The zero-order chi connectivity index (χ0) is 21.6. The lowest BCUT2D eigenvalue weighted by Gasteiger charge is -2.22. The number of benzene rings is 3. The van der Waals surface area contributed by atoms with Gasteiger partial charge in [0, 0.05) is 5.92 Å². The van der Waals surface area contributed by atoms with Crippen molar-refractivity contribution >= 4 is 23.4 Å². The van der Waals surface area contributed by atoms with Crippen LogP contribution in [0.25, 0.3) is 11.0 Å². The second kappa shape index (κ2) is 11.3. The Kier molecular flexibility index (Phi) is 8.46. The van der Waals surface area contributed by atoms with E-state index in [-0.39, 0.29) is 25.1 Å². The van der Waals surface area contributed by atoms with Crippen molar-refractivity contribution in [2.24, 2.45) is 0 Å². The number of aliphatic hydroxyl groups is 1. The van der Waals surface area contributed by atoms with Gasteiger partial charge in [0.1, 0.15) is 11.9 Å². The van der Waals surface area contributed by atoms with Crippen molar-refractivity contribution in [1.82, 2.24) is 9.55 Å². The zero-order valence-electron chi connectivity index (χ0n) is 18.6. The van der Waals surface area contributed by atoms with Gasteiger partial charge in [0.25, 0.3) is 0 Å². The molecule has 4 nitrogen and oxygen atoms in total. The number of halogens is 1. The zero-order valence-corrected chi connectivity index (χ0v) is 19.4. The highest BCUT2D eigenvalue weighted by Gasteiger charge is 2.20. The molecule has 0 aliphatic rings. The van der Waals surface area contributed by atoms with Gasteiger partial charge in [-0.25, -0.2) is 4.98 Å². The number of hydrogen-bond acceptors (Lipinski definition) is 3. The molecule has 3 aromatic carbocycles. The summed E-state index contributed by atoms with van der Waals surface area (Å²) in [7, 11) is 0. The molecule has 1 N–H and O–H groups in total. The predicted molar refractivity (Wildman–Crippen MR) is 132 cm³/mol. The maximum Gasteiger partial charge on any atom is 0.112 e. The van der Waals surface area contributed by atoms with E-state index >= 15 is 0 Å². The first-order valence-electron chi connectivity index (χ1n) is 11.0. The first kappa shape index (κ1) is 24.0. The molecular weight excluding hydrogens is 420 g/mol. The highest BCUT2D eigenvalue weighted by Crippen LogP contribution is 2.27. The molecule has 0 saturated carbocycles. The molecule has 168 valence electrons. The summed E-state index contributed by atoms with van der Waals surface area (Å²) in [4.78, 5) is 4.84. The van der Waals surface area contributed by atoms with Crippen LogP contribution in [0.4, 0.5) is 0 Å². The Bertz CT molecular complexity index is 1060. The molecule has 2 unspecified atom stereocenters. The van der Waals surface area contributed by atoms with Gasteiger partial charge in [-0.1, -0.05) is 86.6 Å². The molecule has 2 atom stereocenters. The van der Waals surface area contributed by atoms with Crippen LogP contribution in [0.3, 0.4) is 0 Å². The minimum absolute atomic E-state index is 0. The fourth-order valence-electron chi connectivity index (χ4n) is 3.96. The lowest BCUT2D eigenvalue weighted by molar-refractivity contribution is -0.000516. The minimum Gasteiger partial charge on any atom is -0.389 e. The van der Waals surface area contributed by atoms with Crippen molar-refractivity contribution in [2.75, 3.05) is 6.61 Å². The summed E-state index contributed by atoms with van der Waals surface area (Å²) >= 11 is 0. The van der Waals surface area contributed by atoms with Crippen LogP contribution >= 0.6 is 12.4 Å². The lowest BCUT2D eigenvalue weighted by Crippen LogP contribution is -2.25. The highest BCUT2D eigenvalue weighted by atomic mass is 35.5. The number of ether oxygens (including phenoxy) is 1. The van der Waals surface area contributed by atoms with Crippen molar-refractivity contribution in [3.63, 3.8) is 0 Å². The summed E-state index contributed by atoms with van der Waals surface area (Å²) in [6.45, 7) is 5.04. The molecule has 0 radical (unpaired) electrons. The smallest absolute Gasteiger partial charge is 0.112 e. The van der Waals surface area contributed by atoms with E-state index in [2.05, 4.69) is 48.7 Å². The monoisotopic (exact) mass is 450 g/mol. The number of rotatable bonds is 9. The number of aromatic nitrogens is 2. The fraction of sp³-hybridized carbons (Fsp3) is 0.296. The fourth-order valence-corrected chi connectivity index (χ4v) is 3.96. The Hall–Kier alpha value is -2.66. The number of para-hydroxylation sites is 2. The second-order valence-corrected chi connectivity index (χ2v) is 8.07. The first-order valence-corrected chi connectivity index (χ1v) is 11.0. The molecule has 0 spiro atoms. The van der Waals surface area contributed by atoms with E-state index in [4.69, 9.17) is 9.72 Å². The Labute approximate surface area is 196 Å². The van der Waals surface area contributed by atoms with Crippen molar-refractivity contribution in [1.29, 1.82) is 0 Å². The van der Waals surface area contributed by atoms with Crippen LogP contribution in [0, 0.1) is 0 Å². The molecule has 32 heavy (non-hydrogen) atoms. The van der Waals surface area contributed by atoms with Gasteiger partial charge in [0.05, 0.1) is 30.3 Å². The van der Waals surface area contributed by atoms with Gasteiger partial charge in [-0.05, 0) is 29.7 Å². The maximum atomic E-state index is 10.9. The summed E-state index contributed by atoms with van der Waals surface area (Å²) in [5, 5.41) is 10.9. The Morgan fingerprint density at radius 1 is 0.875 bits per heavy atom. The third-order valence-electron chi connectivity index (χ3n) is 5.79. The van der Waals surface area contributed by atoms with Gasteiger partial charge in [-0.2, -0.15) is 0 Å². The van der Waals surface area contributed by atoms with Crippen LogP contribution < -0.4 is 0 Å². The molecule has 0 aliphatic heterocycles. The minimum atomic E-state index is -0.643. The van der Waals surface area contributed by atoms with Gasteiger partial charge in [-0.3, -0.25) is 0 Å². The number of aliphatic hydroxyl groups excluding tert-OH is 1.